The van der Waals surface area contributed by atoms with Gasteiger partial charge in [0.1, 0.15) is 4.90 Å². The monoisotopic (exact) mass is 377 g/mol. The van der Waals surface area contributed by atoms with E-state index in [0.29, 0.717) is 37.6 Å². The molecule has 2 aromatic rings. The smallest absolute Gasteiger partial charge is 0.246 e. The predicted octanol–water partition coefficient (Wildman–Crippen LogP) is 1.50. The van der Waals surface area contributed by atoms with E-state index in [4.69, 9.17) is 0 Å². The fourth-order valence-electron chi connectivity index (χ4n) is 3.20. The van der Waals surface area contributed by atoms with Crippen LogP contribution in [-0.2, 0) is 14.8 Å². The maximum Gasteiger partial charge on any atom is 0.246 e. The van der Waals surface area contributed by atoms with Crippen LogP contribution in [0.2, 0.25) is 0 Å². The second kappa shape index (κ2) is 7.08. The Hall–Kier alpha value is -2.39. The minimum atomic E-state index is -3.54. The second-order valence-electron chi connectivity index (χ2n) is 6.38. The van der Waals surface area contributed by atoms with Crippen molar-refractivity contribution in [2.75, 3.05) is 36.4 Å². The highest BCUT2D eigenvalue weighted by Gasteiger charge is 2.32. The molecule has 1 fully saturated rings. The van der Waals surface area contributed by atoms with Gasteiger partial charge in [-0.3, -0.25) is 9.89 Å². The third-order valence-corrected chi connectivity index (χ3v) is 6.61. The van der Waals surface area contributed by atoms with Crippen LogP contribution in [0.1, 0.15) is 18.3 Å². The number of carbonyl (C=O) groups is 1. The third-order valence-electron chi connectivity index (χ3n) is 4.45. The predicted molar refractivity (Wildman–Crippen MR) is 99.8 cm³/mol. The molecule has 9 heteroatoms. The first-order chi connectivity index (χ1) is 12.3. The van der Waals surface area contributed by atoms with Gasteiger partial charge in [-0.05, 0) is 38.1 Å². The first-order valence-electron chi connectivity index (χ1n) is 8.43. The number of nitrogens with one attached hydrogen (secondary N) is 2. The topological polar surface area (TPSA) is 98.4 Å². The first kappa shape index (κ1) is 18.4. The van der Waals surface area contributed by atoms with Crippen molar-refractivity contribution in [2.45, 2.75) is 25.7 Å². The molecule has 140 valence electrons. The van der Waals surface area contributed by atoms with Crippen molar-refractivity contribution >= 4 is 27.3 Å². The number of aromatic amines is 1. The molecule has 1 amide bonds. The van der Waals surface area contributed by atoms with Gasteiger partial charge in [-0.15, -0.1) is 0 Å². The van der Waals surface area contributed by atoms with Gasteiger partial charge in [-0.2, -0.15) is 9.40 Å². The summed E-state index contributed by atoms with van der Waals surface area (Å²) in [5.74, 6) is -0.110. The van der Waals surface area contributed by atoms with Crippen molar-refractivity contribution in [1.82, 2.24) is 14.5 Å². The summed E-state index contributed by atoms with van der Waals surface area (Å²) in [6.07, 6.45) is 0. The second-order valence-corrected chi connectivity index (χ2v) is 8.26. The number of sulfonamides is 1. The molecule has 0 bridgehead atoms. The zero-order chi connectivity index (χ0) is 18.9. The Morgan fingerprint density at radius 1 is 1.12 bits per heavy atom. The normalized spacial score (nSPS) is 15.9. The summed E-state index contributed by atoms with van der Waals surface area (Å²) in [6, 6.07) is 7.55. The van der Waals surface area contributed by atoms with Gasteiger partial charge < -0.3 is 10.2 Å². The average Bonchev–Trinajstić information content (AvgIpc) is 2.94. The Labute approximate surface area is 153 Å². The number of benzene rings is 1. The average molecular weight is 377 g/mol. The number of piperazine rings is 1. The summed E-state index contributed by atoms with van der Waals surface area (Å²) in [6.45, 7) is 6.93. The van der Waals surface area contributed by atoms with Crippen LogP contribution in [0.5, 0.6) is 0 Å². The maximum atomic E-state index is 12.9. The summed E-state index contributed by atoms with van der Waals surface area (Å²) in [5.41, 5.74) is 2.82. The molecule has 0 spiro atoms. The zero-order valence-corrected chi connectivity index (χ0v) is 15.9. The third kappa shape index (κ3) is 3.58. The molecule has 3 rings (SSSR count). The number of carbonyl (C=O) groups excluding carboxylic acids is 1. The number of amides is 1. The molecule has 0 aliphatic carbocycles. The van der Waals surface area contributed by atoms with E-state index in [1.807, 2.05) is 24.3 Å². The van der Waals surface area contributed by atoms with E-state index in [1.54, 1.807) is 13.8 Å². The van der Waals surface area contributed by atoms with E-state index >= 15 is 0 Å². The maximum absolute atomic E-state index is 12.9. The van der Waals surface area contributed by atoms with Crippen LogP contribution in [0.25, 0.3) is 0 Å². The van der Waals surface area contributed by atoms with Gasteiger partial charge in [-0.25, -0.2) is 8.42 Å². The molecule has 1 aliphatic heterocycles. The van der Waals surface area contributed by atoms with Crippen molar-refractivity contribution in [3.63, 3.8) is 0 Å². The number of hydrogen-bond donors (Lipinski definition) is 2. The van der Waals surface area contributed by atoms with Crippen molar-refractivity contribution in [3.05, 3.63) is 35.7 Å². The summed E-state index contributed by atoms with van der Waals surface area (Å²) in [7, 11) is -3.54. The van der Waals surface area contributed by atoms with Gasteiger partial charge in [-0.1, -0.05) is 0 Å². The van der Waals surface area contributed by atoms with Gasteiger partial charge >= 0.3 is 0 Å². The minimum Gasteiger partial charge on any atom is -0.369 e. The van der Waals surface area contributed by atoms with E-state index in [1.165, 1.54) is 11.2 Å². The van der Waals surface area contributed by atoms with Crippen LogP contribution in [0, 0.1) is 13.8 Å². The molecule has 1 aromatic carbocycles. The number of anilines is 2. The fraction of sp³-hybridized carbons (Fsp3) is 0.412. The lowest BCUT2D eigenvalue weighted by atomic mass is 10.2. The SMILES string of the molecule is CC(=O)Nc1ccc(N2CCN(S(=O)(=O)c3c(C)n[nH]c3C)CC2)cc1. The lowest BCUT2D eigenvalue weighted by Gasteiger charge is -2.35. The molecule has 1 aromatic heterocycles. The molecule has 1 saturated heterocycles. The van der Waals surface area contributed by atoms with Crippen molar-refractivity contribution in [2.24, 2.45) is 0 Å². The minimum absolute atomic E-state index is 0.110. The Bertz CT molecular complexity index is 877. The Morgan fingerprint density at radius 2 is 1.73 bits per heavy atom. The van der Waals surface area contributed by atoms with Crippen LogP contribution < -0.4 is 10.2 Å². The molecule has 2 heterocycles. The molecular weight excluding hydrogens is 354 g/mol. The molecule has 0 radical (unpaired) electrons. The van der Waals surface area contributed by atoms with E-state index in [2.05, 4.69) is 20.4 Å². The van der Waals surface area contributed by atoms with Crippen LogP contribution >= 0.6 is 0 Å². The largest absolute Gasteiger partial charge is 0.369 e. The molecular formula is C17H23N5O3S. The molecule has 0 unspecified atom stereocenters. The number of aryl methyl sites for hydroxylation is 2. The van der Waals surface area contributed by atoms with Crippen molar-refractivity contribution in [3.8, 4) is 0 Å². The Morgan fingerprint density at radius 3 is 2.23 bits per heavy atom. The number of nitrogens with zero attached hydrogens (tertiary/aromatic N) is 3. The highest BCUT2D eigenvalue weighted by molar-refractivity contribution is 7.89. The van der Waals surface area contributed by atoms with Crippen LogP contribution in [0.15, 0.2) is 29.2 Å². The van der Waals surface area contributed by atoms with Gasteiger partial charge in [0.05, 0.1) is 11.4 Å². The van der Waals surface area contributed by atoms with E-state index in [0.717, 1.165) is 11.4 Å². The zero-order valence-electron chi connectivity index (χ0n) is 15.1. The molecule has 1 aliphatic rings. The van der Waals surface area contributed by atoms with E-state index < -0.39 is 10.0 Å². The van der Waals surface area contributed by atoms with Crippen LogP contribution in [0.3, 0.4) is 0 Å². The van der Waals surface area contributed by atoms with Crippen molar-refractivity contribution < 1.29 is 13.2 Å². The summed E-state index contributed by atoms with van der Waals surface area (Å²) < 4.78 is 27.3. The van der Waals surface area contributed by atoms with Gasteiger partial charge in [0.25, 0.3) is 0 Å². The van der Waals surface area contributed by atoms with Gasteiger partial charge in [0.15, 0.2) is 0 Å². The van der Waals surface area contributed by atoms with Gasteiger partial charge in [0.2, 0.25) is 15.9 Å². The number of hydrogen-bond acceptors (Lipinski definition) is 5. The molecule has 8 nitrogen and oxygen atoms in total. The highest BCUT2D eigenvalue weighted by Crippen LogP contribution is 2.25. The quantitative estimate of drug-likeness (QED) is 0.841. The van der Waals surface area contributed by atoms with Crippen LogP contribution in [-0.4, -0.2) is 55.0 Å². The summed E-state index contributed by atoms with van der Waals surface area (Å²) in [5, 5.41) is 9.47. The number of rotatable bonds is 4. The summed E-state index contributed by atoms with van der Waals surface area (Å²) in [4.78, 5) is 13.5. The summed E-state index contributed by atoms with van der Waals surface area (Å²) >= 11 is 0. The Balaban J connectivity index is 1.68. The number of aromatic nitrogens is 2. The van der Waals surface area contributed by atoms with Crippen molar-refractivity contribution in [1.29, 1.82) is 0 Å². The number of H-pyrrole nitrogens is 1. The highest BCUT2D eigenvalue weighted by atomic mass is 32.2. The van der Waals surface area contributed by atoms with E-state index in [-0.39, 0.29) is 10.8 Å². The Kier molecular flexibility index (Phi) is 5.01. The molecule has 2 N–H and O–H groups in total. The van der Waals surface area contributed by atoms with E-state index in [9.17, 15) is 13.2 Å². The molecule has 0 atom stereocenters. The lowest BCUT2D eigenvalue weighted by Crippen LogP contribution is -2.48. The molecule has 0 saturated carbocycles. The first-order valence-corrected chi connectivity index (χ1v) is 9.87. The van der Waals surface area contributed by atoms with Crippen LogP contribution in [0.4, 0.5) is 11.4 Å². The lowest BCUT2D eigenvalue weighted by molar-refractivity contribution is -0.114. The van der Waals surface area contributed by atoms with Gasteiger partial charge in [0, 0.05) is 44.5 Å². The molecule has 26 heavy (non-hydrogen) atoms. The standard InChI is InChI=1S/C17H23N5O3S/c1-12-17(13(2)20-19-12)26(24,25)22-10-8-21(9-11-22)16-6-4-15(5-7-16)18-14(3)23/h4-7H,8-11H2,1-3H3,(H,18,23)(H,19,20). The fourth-order valence-corrected chi connectivity index (χ4v) is 4.95.